The van der Waals surface area contributed by atoms with Gasteiger partial charge in [0.05, 0.1) is 6.54 Å². The summed E-state index contributed by atoms with van der Waals surface area (Å²) in [6.07, 6.45) is 2.12. The molecule has 0 spiro atoms. The molecule has 3 amide bonds. The van der Waals surface area contributed by atoms with Crippen LogP contribution in [-0.4, -0.2) is 69.6 Å². The smallest absolute Gasteiger partial charge is 0.324 e. The van der Waals surface area contributed by atoms with Crippen LogP contribution in [-0.2, 0) is 4.79 Å². The van der Waals surface area contributed by atoms with E-state index in [1.165, 1.54) is 4.90 Å². The monoisotopic (exact) mass is 354 g/mol. The van der Waals surface area contributed by atoms with Crippen molar-refractivity contribution in [1.29, 1.82) is 0 Å². The first-order chi connectivity index (χ1) is 12.7. The predicted octanol–water partition coefficient (Wildman–Crippen LogP) is 1.20. The van der Waals surface area contributed by atoms with Gasteiger partial charge < -0.3 is 10.2 Å². The lowest BCUT2D eigenvalue weighted by atomic mass is 9.97. The maximum atomic E-state index is 11.7. The minimum atomic E-state index is -0.286. The number of rotatable bonds is 5. The third kappa shape index (κ3) is 3.45. The maximum Gasteiger partial charge on any atom is 0.324 e. The van der Waals surface area contributed by atoms with E-state index in [0.29, 0.717) is 13.1 Å². The highest BCUT2D eigenvalue weighted by molar-refractivity contribution is 6.01. The molecule has 1 unspecified atom stereocenters. The van der Waals surface area contributed by atoms with E-state index in [9.17, 15) is 9.59 Å². The Labute approximate surface area is 151 Å². The Hall–Kier alpha value is -2.74. The average Bonchev–Trinajstić information content (AvgIpc) is 3.29. The number of carbonyl (C=O) groups is 2. The molecular weight excluding hydrogens is 332 g/mol. The quantitative estimate of drug-likeness (QED) is 0.787. The van der Waals surface area contributed by atoms with Crippen molar-refractivity contribution in [1.82, 2.24) is 30.3 Å². The van der Waals surface area contributed by atoms with Gasteiger partial charge in [0.25, 0.3) is 0 Å². The largest absolute Gasteiger partial charge is 0.329 e. The van der Waals surface area contributed by atoms with Crippen LogP contribution in [0.2, 0.25) is 0 Å². The summed E-state index contributed by atoms with van der Waals surface area (Å²) in [5.41, 5.74) is 1.00. The van der Waals surface area contributed by atoms with Gasteiger partial charge in [-0.15, -0.1) is 0 Å². The number of hydrogen-bond acceptors (Lipinski definition) is 5. The summed E-state index contributed by atoms with van der Waals surface area (Å²) in [5, 5.41) is 10.0. The van der Waals surface area contributed by atoms with E-state index in [-0.39, 0.29) is 24.4 Å². The summed E-state index contributed by atoms with van der Waals surface area (Å²) in [7, 11) is 0. The minimum absolute atomic E-state index is 0.113. The molecular formula is C18H22N6O2. The van der Waals surface area contributed by atoms with Gasteiger partial charge in [0, 0.05) is 31.1 Å². The van der Waals surface area contributed by atoms with Gasteiger partial charge in [0.1, 0.15) is 5.82 Å². The number of aromatic amines is 1. The normalized spacial score (nSPS) is 21.2. The van der Waals surface area contributed by atoms with E-state index in [1.54, 1.807) is 0 Å². The molecule has 1 aromatic carbocycles. The molecule has 0 aliphatic carbocycles. The standard InChI is InChI=1S/C18H22N6O2/c25-15-11-19-18(26)24(15)10-9-23-8-4-7-14(12-23)17-20-16(21-22-17)13-5-2-1-3-6-13/h1-3,5-6,14H,4,7-12H2,(H,19,26)(H,20,21,22). The molecule has 1 aromatic heterocycles. The van der Waals surface area contributed by atoms with Crippen molar-refractivity contribution in [3.63, 3.8) is 0 Å². The van der Waals surface area contributed by atoms with Crippen molar-refractivity contribution < 1.29 is 9.59 Å². The lowest BCUT2D eigenvalue weighted by Crippen LogP contribution is -2.42. The molecule has 2 aliphatic heterocycles. The highest BCUT2D eigenvalue weighted by atomic mass is 16.2. The van der Waals surface area contributed by atoms with Gasteiger partial charge in [-0.25, -0.2) is 9.78 Å². The topological polar surface area (TPSA) is 94.2 Å². The van der Waals surface area contributed by atoms with Crippen LogP contribution >= 0.6 is 0 Å². The molecule has 3 heterocycles. The number of H-pyrrole nitrogens is 1. The summed E-state index contributed by atoms with van der Waals surface area (Å²) >= 11 is 0. The summed E-state index contributed by atoms with van der Waals surface area (Å²) in [4.78, 5) is 31.6. The van der Waals surface area contributed by atoms with Crippen LogP contribution in [0.5, 0.6) is 0 Å². The Morgan fingerprint density at radius 2 is 2.00 bits per heavy atom. The summed E-state index contributed by atoms with van der Waals surface area (Å²) < 4.78 is 0. The van der Waals surface area contributed by atoms with Gasteiger partial charge in [-0.2, -0.15) is 5.10 Å². The van der Waals surface area contributed by atoms with Crippen LogP contribution in [0, 0.1) is 0 Å². The molecule has 2 N–H and O–H groups in total. The highest BCUT2D eigenvalue weighted by Gasteiger charge is 2.30. The van der Waals surface area contributed by atoms with Crippen LogP contribution in [0.4, 0.5) is 4.79 Å². The molecule has 4 rings (SSSR count). The number of benzene rings is 1. The number of imide groups is 1. The van der Waals surface area contributed by atoms with Gasteiger partial charge >= 0.3 is 6.03 Å². The first kappa shape index (κ1) is 16.7. The van der Waals surface area contributed by atoms with E-state index in [1.807, 2.05) is 30.3 Å². The molecule has 2 aromatic rings. The van der Waals surface area contributed by atoms with E-state index in [0.717, 1.165) is 43.1 Å². The molecule has 2 saturated heterocycles. The molecule has 136 valence electrons. The molecule has 26 heavy (non-hydrogen) atoms. The Morgan fingerprint density at radius 1 is 1.15 bits per heavy atom. The molecule has 1 atom stereocenters. The fourth-order valence-corrected chi connectivity index (χ4v) is 3.58. The second-order valence-corrected chi connectivity index (χ2v) is 6.75. The SMILES string of the molecule is O=C1CNC(=O)N1CCN1CCCC(c2nc(-c3ccccc3)n[nH]2)C1. The first-order valence-corrected chi connectivity index (χ1v) is 8.99. The zero-order valence-electron chi connectivity index (χ0n) is 14.5. The number of aromatic nitrogens is 3. The lowest BCUT2D eigenvalue weighted by Gasteiger charge is -2.32. The number of nitrogens with zero attached hydrogens (tertiary/aromatic N) is 4. The van der Waals surface area contributed by atoms with E-state index >= 15 is 0 Å². The Bertz CT molecular complexity index is 774. The Balaban J connectivity index is 1.37. The van der Waals surface area contributed by atoms with Crippen molar-refractivity contribution in [3.05, 3.63) is 36.2 Å². The van der Waals surface area contributed by atoms with Gasteiger partial charge in [0.15, 0.2) is 5.82 Å². The van der Waals surface area contributed by atoms with Crippen molar-refractivity contribution in [2.75, 3.05) is 32.7 Å². The van der Waals surface area contributed by atoms with E-state index in [2.05, 4.69) is 25.4 Å². The van der Waals surface area contributed by atoms with Crippen LogP contribution in [0.15, 0.2) is 30.3 Å². The molecule has 2 fully saturated rings. The van der Waals surface area contributed by atoms with Crippen molar-refractivity contribution in [3.8, 4) is 11.4 Å². The summed E-state index contributed by atoms with van der Waals surface area (Å²) in [5.74, 6) is 1.77. The van der Waals surface area contributed by atoms with Crippen LogP contribution < -0.4 is 5.32 Å². The van der Waals surface area contributed by atoms with Gasteiger partial charge in [-0.05, 0) is 19.4 Å². The number of likely N-dealkylation sites (tertiary alicyclic amines) is 1. The van der Waals surface area contributed by atoms with Crippen molar-refractivity contribution >= 4 is 11.9 Å². The van der Waals surface area contributed by atoms with Crippen LogP contribution in [0.25, 0.3) is 11.4 Å². The predicted molar refractivity (Wildman–Crippen MR) is 95.3 cm³/mol. The van der Waals surface area contributed by atoms with Crippen LogP contribution in [0.3, 0.4) is 0 Å². The molecule has 8 heteroatoms. The zero-order chi connectivity index (χ0) is 17.9. The number of piperidine rings is 1. The summed E-state index contributed by atoms with van der Waals surface area (Å²) in [6.45, 7) is 3.06. The number of hydrogen-bond donors (Lipinski definition) is 2. The van der Waals surface area contributed by atoms with Crippen molar-refractivity contribution in [2.24, 2.45) is 0 Å². The van der Waals surface area contributed by atoms with Gasteiger partial charge in [0.2, 0.25) is 5.91 Å². The number of urea groups is 1. The molecule has 0 bridgehead atoms. The lowest BCUT2D eigenvalue weighted by molar-refractivity contribution is -0.125. The average molecular weight is 354 g/mol. The second-order valence-electron chi connectivity index (χ2n) is 6.75. The number of carbonyl (C=O) groups excluding carboxylic acids is 2. The third-order valence-corrected chi connectivity index (χ3v) is 5.00. The fourth-order valence-electron chi connectivity index (χ4n) is 3.58. The van der Waals surface area contributed by atoms with Crippen LogP contribution in [0.1, 0.15) is 24.6 Å². The maximum absolute atomic E-state index is 11.7. The minimum Gasteiger partial charge on any atom is -0.329 e. The van der Waals surface area contributed by atoms with Gasteiger partial charge in [-0.3, -0.25) is 14.8 Å². The first-order valence-electron chi connectivity index (χ1n) is 8.99. The fraction of sp³-hybridized carbons (Fsp3) is 0.444. The van der Waals surface area contributed by atoms with E-state index < -0.39 is 0 Å². The molecule has 2 aliphatic rings. The second kappa shape index (κ2) is 7.25. The van der Waals surface area contributed by atoms with E-state index in [4.69, 9.17) is 0 Å². The molecule has 0 saturated carbocycles. The zero-order valence-corrected chi connectivity index (χ0v) is 14.5. The number of nitrogens with one attached hydrogen (secondary N) is 2. The third-order valence-electron chi connectivity index (χ3n) is 5.00. The Morgan fingerprint density at radius 3 is 2.77 bits per heavy atom. The highest BCUT2D eigenvalue weighted by Crippen LogP contribution is 2.26. The van der Waals surface area contributed by atoms with Gasteiger partial charge in [-0.1, -0.05) is 30.3 Å². The summed E-state index contributed by atoms with van der Waals surface area (Å²) in [6, 6.07) is 9.64. The van der Waals surface area contributed by atoms with Crippen molar-refractivity contribution in [2.45, 2.75) is 18.8 Å². The Kier molecular flexibility index (Phi) is 4.66. The number of amides is 3. The molecule has 8 nitrogen and oxygen atoms in total. The molecule has 0 radical (unpaired) electrons.